The summed E-state index contributed by atoms with van der Waals surface area (Å²) in [6, 6.07) is 13.5. The van der Waals surface area contributed by atoms with Crippen LogP contribution in [0.4, 0.5) is 0 Å². The van der Waals surface area contributed by atoms with E-state index in [2.05, 4.69) is 0 Å². The Labute approximate surface area is 158 Å². The highest BCUT2D eigenvalue weighted by atomic mass is 16.5. The number of benzene rings is 2. The Hall–Kier alpha value is -2.75. The summed E-state index contributed by atoms with van der Waals surface area (Å²) in [4.78, 5) is 12.3. The molecule has 0 saturated heterocycles. The molecule has 0 spiro atoms. The molecule has 1 saturated carbocycles. The molecule has 0 radical (unpaired) electrons. The van der Waals surface area contributed by atoms with Crippen molar-refractivity contribution in [1.29, 1.82) is 0 Å². The van der Waals surface area contributed by atoms with Gasteiger partial charge in [0.25, 0.3) is 0 Å². The second-order valence-electron chi connectivity index (χ2n) is 6.98. The minimum atomic E-state index is -0.290. The number of hydrogen-bond donors (Lipinski definition) is 0. The fraction of sp³-hybridized carbons (Fsp3) is 0.348. The van der Waals surface area contributed by atoms with Gasteiger partial charge in [-0.05, 0) is 49.4 Å². The Kier molecular flexibility index (Phi) is 4.88. The van der Waals surface area contributed by atoms with Crippen LogP contribution < -0.4 is 15.1 Å². The number of ether oxygens (including phenoxy) is 2. The quantitative estimate of drug-likeness (QED) is 0.612. The van der Waals surface area contributed by atoms with E-state index in [1.54, 1.807) is 7.11 Å². The fourth-order valence-corrected chi connectivity index (χ4v) is 3.92. The monoisotopic (exact) mass is 364 g/mol. The van der Waals surface area contributed by atoms with Crippen molar-refractivity contribution in [2.45, 2.75) is 45.1 Å². The molecule has 27 heavy (non-hydrogen) atoms. The molecule has 3 aromatic rings. The van der Waals surface area contributed by atoms with Crippen molar-refractivity contribution in [3.63, 3.8) is 0 Å². The summed E-state index contributed by atoms with van der Waals surface area (Å²) < 4.78 is 17.4. The molecule has 2 aromatic carbocycles. The third kappa shape index (κ3) is 3.32. The second kappa shape index (κ2) is 7.47. The standard InChI is InChI=1S/C23H24O4/c1-3-19-22(17-10-6-7-11-18(17)23(24)27-19)15-12-13-20(25-2)21(14-15)26-16-8-4-5-9-16/h6-7,10-14,16H,3-5,8-9H2,1-2H3. The summed E-state index contributed by atoms with van der Waals surface area (Å²) in [7, 11) is 1.66. The molecule has 0 N–H and O–H groups in total. The molecule has 0 atom stereocenters. The van der Waals surface area contributed by atoms with Gasteiger partial charge in [-0.3, -0.25) is 0 Å². The molecular formula is C23H24O4. The summed E-state index contributed by atoms with van der Waals surface area (Å²) in [6.07, 6.45) is 5.46. The molecule has 0 unspecified atom stereocenters. The average molecular weight is 364 g/mol. The van der Waals surface area contributed by atoms with E-state index in [9.17, 15) is 4.79 Å². The lowest BCUT2D eigenvalue weighted by molar-refractivity contribution is 0.201. The second-order valence-corrected chi connectivity index (χ2v) is 6.98. The van der Waals surface area contributed by atoms with Crippen molar-refractivity contribution in [2.75, 3.05) is 7.11 Å². The summed E-state index contributed by atoms with van der Waals surface area (Å²) in [6.45, 7) is 2.00. The summed E-state index contributed by atoms with van der Waals surface area (Å²) in [5.41, 5.74) is 1.63. The number of rotatable bonds is 5. The van der Waals surface area contributed by atoms with E-state index in [4.69, 9.17) is 13.9 Å². The maximum Gasteiger partial charge on any atom is 0.343 e. The van der Waals surface area contributed by atoms with Crippen LogP contribution in [0.25, 0.3) is 21.9 Å². The van der Waals surface area contributed by atoms with Gasteiger partial charge in [-0.1, -0.05) is 31.2 Å². The largest absolute Gasteiger partial charge is 0.493 e. The zero-order valence-electron chi connectivity index (χ0n) is 15.8. The van der Waals surface area contributed by atoms with Crippen molar-refractivity contribution in [1.82, 2.24) is 0 Å². The lowest BCUT2D eigenvalue weighted by Crippen LogP contribution is -2.11. The van der Waals surface area contributed by atoms with Gasteiger partial charge in [0.1, 0.15) is 5.76 Å². The highest BCUT2D eigenvalue weighted by Gasteiger charge is 2.20. The predicted molar refractivity (Wildman–Crippen MR) is 107 cm³/mol. The maximum absolute atomic E-state index is 12.3. The maximum atomic E-state index is 12.3. The van der Waals surface area contributed by atoms with E-state index in [1.165, 1.54) is 12.8 Å². The van der Waals surface area contributed by atoms with Crippen molar-refractivity contribution in [3.05, 3.63) is 58.6 Å². The normalized spacial score (nSPS) is 14.6. The van der Waals surface area contributed by atoms with E-state index in [0.29, 0.717) is 17.6 Å². The van der Waals surface area contributed by atoms with Gasteiger partial charge in [-0.15, -0.1) is 0 Å². The molecule has 140 valence electrons. The first-order chi connectivity index (χ1) is 13.2. The van der Waals surface area contributed by atoms with Crippen LogP contribution >= 0.6 is 0 Å². The van der Waals surface area contributed by atoms with Gasteiger partial charge in [-0.25, -0.2) is 4.79 Å². The van der Waals surface area contributed by atoms with Crippen LogP contribution in [-0.2, 0) is 6.42 Å². The average Bonchev–Trinajstić information content (AvgIpc) is 3.21. The SMILES string of the molecule is CCc1oc(=O)c2ccccc2c1-c1ccc(OC)c(OC2CCCC2)c1. The number of methoxy groups -OCH3 is 1. The Bertz CT molecular complexity index is 1010. The van der Waals surface area contributed by atoms with Gasteiger partial charge in [0, 0.05) is 17.4 Å². The molecule has 1 fully saturated rings. The lowest BCUT2D eigenvalue weighted by atomic mass is 9.97. The predicted octanol–water partition coefficient (Wildman–Crippen LogP) is 5.35. The van der Waals surface area contributed by atoms with Gasteiger partial charge >= 0.3 is 5.63 Å². The van der Waals surface area contributed by atoms with Gasteiger partial charge in [0.2, 0.25) is 0 Å². The Morgan fingerprint density at radius 3 is 2.48 bits per heavy atom. The molecule has 1 aliphatic rings. The molecule has 0 bridgehead atoms. The fourth-order valence-electron chi connectivity index (χ4n) is 3.92. The van der Waals surface area contributed by atoms with E-state index in [1.807, 2.05) is 49.4 Å². The van der Waals surface area contributed by atoms with Crippen molar-refractivity contribution in [2.24, 2.45) is 0 Å². The van der Waals surface area contributed by atoms with Gasteiger partial charge in [0.05, 0.1) is 18.6 Å². The number of fused-ring (bicyclic) bond motifs is 1. The van der Waals surface area contributed by atoms with Crippen LogP contribution in [-0.4, -0.2) is 13.2 Å². The highest BCUT2D eigenvalue weighted by molar-refractivity contribution is 5.97. The minimum absolute atomic E-state index is 0.241. The summed E-state index contributed by atoms with van der Waals surface area (Å²) >= 11 is 0. The van der Waals surface area contributed by atoms with Crippen LogP contribution in [0, 0.1) is 0 Å². The molecular weight excluding hydrogens is 340 g/mol. The van der Waals surface area contributed by atoms with Crippen LogP contribution in [0.2, 0.25) is 0 Å². The highest BCUT2D eigenvalue weighted by Crippen LogP contribution is 2.38. The van der Waals surface area contributed by atoms with E-state index >= 15 is 0 Å². The number of aryl methyl sites for hydroxylation is 1. The Morgan fingerprint density at radius 2 is 1.78 bits per heavy atom. The van der Waals surface area contributed by atoms with Crippen LogP contribution in [0.15, 0.2) is 51.7 Å². The molecule has 4 heteroatoms. The topological polar surface area (TPSA) is 48.7 Å². The van der Waals surface area contributed by atoms with Crippen molar-refractivity contribution in [3.8, 4) is 22.6 Å². The zero-order chi connectivity index (χ0) is 18.8. The summed E-state index contributed by atoms with van der Waals surface area (Å²) in [5, 5.41) is 1.50. The first kappa shape index (κ1) is 17.7. The van der Waals surface area contributed by atoms with Gasteiger partial charge in [-0.2, -0.15) is 0 Å². The van der Waals surface area contributed by atoms with E-state index in [0.717, 1.165) is 40.9 Å². The smallest absolute Gasteiger partial charge is 0.343 e. The summed E-state index contributed by atoms with van der Waals surface area (Å²) in [5.74, 6) is 2.17. The Balaban J connectivity index is 1.88. The minimum Gasteiger partial charge on any atom is -0.493 e. The molecule has 0 aliphatic heterocycles. The van der Waals surface area contributed by atoms with Gasteiger partial charge in [0.15, 0.2) is 11.5 Å². The van der Waals surface area contributed by atoms with Crippen LogP contribution in [0.3, 0.4) is 0 Å². The molecule has 4 nitrogen and oxygen atoms in total. The zero-order valence-corrected chi connectivity index (χ0v) is 15.8. The first-order valence-electron chi connectivity index (χ1n) is 9.61. The van der Waals surface area contributed by atoms with Gasteiger partial charge < -0.3 is 13.9 Å². The van der Waals surface area contributed by atoms with Crippen molar-refractivity contribution < 1.29 is 13.9 Å². The molecule has 4 rings (SSSR count). The molecule has 1 aromatic heterocycles. The van der Waals surface area contributed by atoms with Crippen molar-refractivity contribution >= 4 is 10.8 Å². The third-order valence-corrected chi connectivity index (χ3v) is 5.28. The molecule has 1 heterocycles. The van der Waals surface area contributed by atoms with Crippen LogP contribution in [0.1, 0.15) is 38.4 Å². The molecule has 0 amide bonds. The van der Waals surface area contributed by atoms with E-state index in [-0.39, 0.29) is 11.7 Å². The molecule has 1 aliphatic carbocycles. The Morgan fingerprint density at radius 1 is 1.04 bits per heavy atom. The number of hydrogen-bond acceptors (Lipinski definition) is 4. The third-order valence-electron chi connectivity index (χ3n) is 5.28. The first-order valence-corrected chi connectivity index (χ1v) is 9.61. The van der Waals surface area contributed by atoms with E-state index < -0.39 is 0 Å². The lowest BCUT2D eigenvalue weighted by Gasteiger charge is -2.18. The van der Waals surface area contributed by atoms with Crippen LogP contribution in [0.5, 0.6) is 11.5 Å².